The highest BCUT2D eigenvalue weighted by Crippen LogP contribution is 2.20. The maximum atomic E-state index is 12.6. The van der Waals surface area contributed by atoms with Gasteiger partial charge in [-0.15, -0.1) is 0 Å². The predicted molar refractivity (Wildman–Crippen MR) is 83.2 cm³/mol. The van der Waals surface area contributed by atoms with Gasteiger partial charge < -0.3 is 4.90 Å². The van der Waals surface area contributed by atoms with Gasteiger partial charge in [0, 0.05) is 19.3 Å². The van der Waals surface area contributed by atoms with Gasteiger partial charge in [-0.05, 0) is 35.1 Å². The van der Waals surface area contributed by atoms with E-state index in [1.165, 1.54) is 11.1 Å². The molecular formula is C18H20N2O. The zero-order valence-corrected chi connectivity index (χ0v) is 12.5. The van der Waals surface area contributed by atoms with Crippen molar-refractivity contribution in [2.75, 3.05) is 6.54 Å². The molecule has 21 heavy (non-hydrogen) atoms. The van der Waals surface area contributed by atoms with E-state index in [0.717, 1.165) is 18.5 Å². The van der Waals surface area contributed by atoms with Gasteiger partial charge in [0.1, 0.15) is 5.69 Å². The van der Waals surface area contributed by atoms with E-state index in [1.54, 1.807) is 0 Å². The van der Waals surface area contributed by atoms with Crippen LogP contribution in [0.15, 0.2) is 42.6 Å². The lowest BCUT2D eigenvalue weighted by atomic mass is 9.99. The van der Waals surface area contributed by atoms with Crippen LogP contribution in [0.1, 0.15) is 46.9 Å². The summed E-state index contributed by atoms with van der Waals surface area (Å²) in [5, 5.41) is 0. The van der Waals surface area contributed by atoms with E-state index >= 15 is 0 Å². The third-order valence-electron chi connectivity index (χ3n) is 4.09. The first-order valence-electron chi connectivity index (χ1n) is 7.47. The Hall–Kier alpha value is -2.16. The van der Waals surface area contributed by atoms with Crippen molar-refractivity contribution in [1.82, 2.24) is 9.88 Å². The average Bonchev–Trinajstić information content (AvgIpc) is 2.54. The second-order valence-electron chi connectivity index (χ2n) is 5.88. The van der Waals surface area contributed by atoms with E-state index in [0.29, 0.717) is 18.2 Å². The van der Waals surface area contributed by atoms with E-state index in [-0.39, 0.29) is 5.91 Å². The van der Waals surface area contributed by atoms with Crippen LogP contribution < -0.4 is 0 Å². The molecule has 2 heterocycles. The second-order valence-corrected chi connectivity index (χ2v) is 5.88. The molecule has 2 aromatic rings. The first-order chi connectivity index (χ1) is 10.1. The maximum absolute atomic E-state index is 12.6. The summed E-state index contributed by atoms with van der Waals surface area (Å²) >= 11 is 0. The number of benzene rings is 1. The molecule has 0 N–H and O–H groups in total. The Labute approximate surface area is 125 Å². The van der Waals surface area contributed by atoms with Crippen molar-refractivity contribution in [2.24, 2.45) is 0 Å². The third-order valence-corrected chi connectivity index (χ3v) is 4.09. The monoisotopic (exact) mass is 280 g/mol. The minimum atomic E-state index is 0.0276. The van der Waals surface area contributed by atoms with Gasteiger partial charge >= 0.3 is 0 Å². The van der Waals surface area contributed by atoms with Crippen molar-refractivity contribution in [3.8, 4) is 0 Å². The molecule has 3 rings (SSSR count). The first-order valence-corrected chi connectivity index (χ1v) is 7.47. The lowest BCUT2D eigenvalue weighted by molar-refractivity contribution is 0.0728. The second kappa shape index (κ2) is 5.68. The van der Waals surface area contributed by atoms with Crippen molar-refractivity contribution in [3.05, 3.63) is 65.0 Å². The summed E-state index contributed by atoms with van der Waals surface area (Å²) in [4.78, 5) is 18.8. The van der Waals surface area contributed by atoms with Gasteiger partial charge in [-0.1, -0.05) is 44.2 Å². The Morgan fingerprint density at radius 3 is 2.57 bits per heavy atom. The van der Waals surface area contributed by atoms with Crippen LogP contribution in [0.5, 0.6) is 0 Å². The zero-order valence-electron chi connectivity index (χ0n) is 12.5. The van der Waals surface area contributed by atoms with E-state index < -0.39 is 0 Å². The molecule has 0 bridgehead atoms. The number of hydrogen-bond acceptors (Lipinski definition) is 2. The molecule has 0 unspecified atom stereocenters. The van der Waals surface area contributed by atoms with Crippen molar-refractivity contribution < 1.29 is 4.79 Å². The molecule has 1 aromatic heterocycles. The molecule has 0 saturated heterocycles. The lowest BCUT2D eigenvalue weighted by Crippen LogP contribution is -2.36. The minimum Gasteiger partial charge on any atom is -0.333 e. The number of aromatic nitrogens is 1. The Kier molecular flexibility index (Phi) is 3.74. The molecule has 1 aliphatic heterocycles. The fraction of sp³-hybridized carbons (Fsp3) is 0.333. The maximum Gasteiger partial charge on any atom is 0.272 e. The third kappa shape index (κ3) is 2.82. The van der Waals surface area contributed by atoms with E-state index in [1.807, 2.05) is 29.3 Å². The highest BCUT2D eigenvalue weighted by Gasteiger charge is 2.22. The molecule has 0 fully saturated rings. The molecular weight excluding hydrogens is 260 g/mol. The topological polar surface area (TPSA) is 33.2 Å². The summed E-state index contributed by atoms with van der Waals surface area (Å²) in [6.07, 6.45) is 2.74. The summed E-state index contributed by atoms with van der Waals surface area (Å²) in [6.45, 7) is 5.70. The molecule has 0 aliphatic carbocycles. The van der Waals surface area contributed by atoms with Gasteiger partial charge in [0.05, 0.1) is 0 Å². The van der Waals surface area contributed by atoms with Crippen molar-refractivity contribution in [2.45, 2.75) is 32.7 Å². The van der Waals surface area contributed by atoms with Crippen LogP contribution in [-0.2, 0) is 13.0 Å². The summed E-state index contributed by atoms with van der Waals surface area (Å²) in [6, 6.07) is 12.2. The zero-order chi connectivity index (χ0) is 14.8. The first kappa shape index (κ1) is 13.8. The molecule has 0 spiro atoms. The number of carbonyl (C=O) groups is 1. The van der Waals surface area contributed by atoms with Gasteiger partial charge in [0.25, 0.3) is 5.91 Å². The summed E-state index contributed by atoms with van der Waals surface area (Å²) in [5.41, 5.74) is 4.30. The van der Waals surface area contributed by atoms with Crippen LogP contribution in [0.4, 0.5) is 0 Å². The fourth-order valence-electron chi connectivity index (χ4n) is 2.70. The molecule has 3 heteroatoms. The molecule has 1 amide bonds. The van der Waals surface area contributed by atoms with Crippen LogP contribution in [0, 0.1) is 0 Å². The molecule has 108 valence electrons. The Morgan fingerprint density at radius 2 is 1.90 bits per heavy atom. The quantitative estimate of drug-likeness (QED) is 0.844. The van der Waals surface area contributed by atoms with Gasteiger partial charge in [-0.2, -0.15) is 0 Å². The summed E-state index contributed by atoms with van der Waals surface area (Å²) in [7, 11) is 0. The molecule has 1 aliphatic rings. The molecule has 0 saturated carbocycles. The summed E-state index contributed by atoms with van der Waals surface area (Å²) < 4.78 is 0. The van der Waals surface area contributed by atoms with Crippen molar-refractivity contribution >= 4 is 5.91 Å². The normalized spacial score (nSPS) is 14.1. The van der Waals surface area contributed by atoms with Gasteiger partial charge in [-0.3, -0.25) is 9.78 Å². The number of rotatable bonds is 2. The van der Waals surface area contributed by atoms with Gasteiger partial charge in [-0.25, -0.2) is 0 Å². The standard InChI is InChI=1S/C18H20N2O/c1-13(2)15-7-8-17(19-11-15)18(21)20-10-9-14-5-3-4-6-16(14)12-20/h3-8,11,13H,9-10,12H2,1-2H3. The van der Waals surface area contributed by atoms with Crippen LogP contribution in [0.2, 0.25) is 0 Å². The van der Waals surface area contributed by atoms with Crippen molar-refractivity contribution in [3.63, 3.8) is 0 Å². The number of hydrogen-bond donors (Lipinski definition) is 0. The average molecular weight is 280 g/mol. The highest BCUT2D eigenvalue weighted by atomic mass is 16.2. The van der Waals surface area contributed by atoms with Crippen molar-refractivity contribution in [1.29, 1.82) is 0 Å². The van der Waals surface area contributed by atoms with Gasteiger partial charge in [0.15, 0.2) is 0 Å². The van der Waals surface area contributed by atoms with Crippen LogP contribution in [-0.4, -0.2) is 22.3 Å². The molecule has 0 atom stereocenters. The minimum absolute atomic E-state index is 0.0276. The molecule has 3 nitrogen and oxygen atoms in total. The van der Waals surface area contributed by atoms with Crippen LogP contribution >= 0.6 is 0 Å². The van der Waals surface area contributed by atoms with Gasteiger partial charge in [0.2, 0.25) is 0 Å². The highest BCUT2D eigenvalue weighted by molar-refractivity contribution is 5.92. The smallest absolute Gasteiger partial charge is 0.272 e. The Morgan fingerprint density at radius 1 is 1.14 bits per heavy atom. The van der Waals surface area contributed by atoms with Crippen LogP contribution in [0.25, 0.3) is 0 Å². The molecule has 0 radical (unpaired) electrons. The lowest BCUT2D eigenvalue weighted by Gasteiger charge is -2.28. The predicted octanol–water partition coefficient (Wildman–Crippen LogP) is 3.40. The number of nitrogens with zero attached hydrogens (tertiary/aromatic N) is 2. The molecule has 1 aromatic carbocycles. The Bertz CT molecular complexity index is 647. The number of amides is 1. The summed E-state index contributed by atoms with van der Waals surface area (Å²) in [5.74, 6) is 0.461. The SMILES string of the molecule is CC(C)c1ccc(C(=O)N2CCc3ccccc3C2)nc1. The Balaban J connectivity index is 1.77. The van der Waals surface area contributed by atoms with E-state index in [4.69, 9.17) is 0 Å². The van der Waals surface area contributed by atoms with Crippen LogP contribution in [0.3, 0.4) is 0 Å². The number of pyridine rings is 1. The fourth-order valence-corrected chi connectivity index (χ4v) is 2.70. The number of carbonyl (C=O) groups excluding carboxylic acids is 1. The van der Waals surface area contributed by atoms with E-state index in [9.17, 15) is 4.79 Å². The number of fused-ring (bicyclic) bond motifs is 1. The largest absolute Gasteiger partial charge is 0.333 e. The van der Waals surface area contributed by atoms with E-state index in [2.05, 4.69) is 37.0 Å².